The predicted molar refractivity (Wildman–Crippen MR) is 152 cm³/mol. The van der Waals surface area contributed by atoms with Crippen molar-refractivity contribution >= 4 is 54.3 Å². The van der Waals surface area contributed by atoms with Crippen LogP contribution in [0.2, 0.25) is 0 Å². The summed E-state index contributed by atoms with van der Waals surface area (Å²) in [6, 6.07) is 24.4. The van der Waals surface area contributed by atoms with Crippen LogP contribution in [-0.4, -0.2) is 29.3 Å². The smallest absolute Gasteiger partial charge is 0.263 e. The molecule has 0 aliphatic rings. The minimum absolute atomic E-state index is 0.0377. The summed E-state index contributed by atoms with van der Waals surface area (Å²) in [5.41, 5.74) is 3.79. The standard InChI is InChI=1S/C28H22BrN5O3S/c1-17-14-27(31-18(2)30-17)34-38(36,37)22-12-10-21(11-13-22)32-28(35)24-16-26(19-6-5-7-20(29)15-19)33-25-9-4-3-8-23(24)25/h3-16H,1-2H3,(H,32,35)(H,30,31,34). The van der Waals surface area contributed by atoms with Gasteiger partial charge in [0, 0.05) is 32.9 Å². The Balaban J connectivity index is 1.41. The van der Waals surface area contributed by atoms with Crippen LogP contribution < -0.4 is 10.0 Å². The van der Waals surface area contributed by atoms with Gasteiger partial charge in [0.15, 0.2) is 0 Å². The van der Waals surface area contributed by atoms with E-state index in [1.807, 2.05) is 48.5 Å². The first kappa shape index (κ1) is 25.5. The fraction of sp³-hybridized carbons (Fsp3) is 0.0714. The summed E-state index contributed by atoms with van der Waals surface area (Å²) in [5.74, 6) is 0.325. The number of anilines is 2. The summed E-state index contributed by atoms with van der Waals surface area (Å²) in [4.78, 5) is 26.4. The minimum Gasteiger partial charge on any atom is -0.322 e. The topological polar surface area (TPSA) is 114 Å². The molecule has 0 atom stereocenters. The molecule has 3 aromatic carbocycles. The zero-order valence-electron chi connectivity index (χ0n) is 20.4. The van der Waals surface area contributed by atoms with Crippen LogP contribution in [-0.2, 0) is 10.0 Å². The summed E-state index contributed by atoms with van der Waals surface area (Å²) in [5, 5.41) is 3.58. The molecule has 10 heteroatoms. The number of fused-ring (bicyclic) bond motifs is 1. The van der Waals surface area contributed by atoms with Crippen molar-refractivity contribution in [3.05, 3.63) is 106 Å². The Morgan fingerprint density at radius 1 is 0.842 bits per heavy atom. The van der Waals surface area contributed by atoms with Crippen molar-refractivity contribution in [1.29, 1.82) is 0 Å². The number of amides is 1. The molecule has 0 saturated heterocycles. The number of benzene rings is 3. The van der Waals surface area contributed by atoms with E-state index in [0.717, 1.165) is 10.0 Å². The molecule has 5 aromatic rings. The highest BCUT2D eigenvalue weighted by Gasteiger charge is 2.17. The number of hydrogen-bond acceptors (Lipinski definition) is 6. The molecule has 0 unspecified atom stereocenters. The monoisotopic (exact) mass is 587 g/mol. The normalized spacial score (nSPS) is 11.3. The highest BCUT2D eigenvalue weighted by molar-refractivity contribution is 9.10. The Hall–Kier alpha value is -4.15. The predicted octanol–water partition coefficient (Wildman–Crippen LogP) is 6.12. The zero-order valence-corrected chi connectivity index (χ0v) is 22.8. The quantitative estimate of drug-likeness (QED) is 0.247. The Morgan fingerprint density at radius 2 is 1.61 bits per heavy atom. The molecular formula is C28H22BrN5O3S. The first-order valence-corrected chi connectivity index (χ1v) is 13.9. The average Bonchev–Trinajstić information content (AvgIpc) is 2.87. The molecule has 2 aromatic heterocycles. The number of carbonyl (C=O) groups is 1. The second-order valence-corrected chi connectivity index (χ2v) is 11.2. The molecule has 38 heavy (non-hydrogen) atoms. The lowest BCUT2D eigenvalue weighted by Gasteiger charge is -2.12. The van der Waals surface area contributed by atoms with Gasteiger partial charge in [0.05, 0.1) is 21.7 Å². The number of pyridine rings is 1. The second-order valence-electron chi connectivity index (χ2n) is 8.61. The molecule has 0 fully saturated rings. The SMILES string of the molecule is Cc1cc(NS(=O)(=O)c2ccc(NC(=O)c3cc(-c4cccc(Br)c4)nc4ccccc34)cc2)nc(C)n1. The van der Waals surface area contributed by atoms with Gasteiger partial charge in [-0.3, -0.25) is 9.52 Å². The van der Waals surface area contributed by atoms with Crippen LogP contribution in [0.1, 0.15) is 21.9 Å². The summed E-state index contributed by atoms with van der Waals surface area (Å²) in [6.45, 7) is 3.45. The van der Waals surface area contributed by atoms with E-state index in [-0.39, 0.29) is 16.6 Å². The van der Waals surface area contributed by atoms with Crippen molar-refractivity contribution < 1.29 is 13.2 Å². The number of hydrogen-bond donors (Lipinski definition) is 2. The summed E-state index contributed by atoms with van der Waals surface area (Å²) in [6.07, 6.45) is 0. The third kappa shape index (κ3) is 5.56. The number of para-hydroxylation sites is 1. The van der Waals surface area contributed by atoms with Crippen molar-refractivity contribution in [2.45, 2.75) is 18.7 Å². The van der Waals surface area contributed by atoms with Gasteiger partial charge < -0.3 is 5.32 Å². The Labute approximate surface area is 228 Å². The Morgan fingerprint density at radius 3 is 2.34 bits per heavy atom. The number of nitrogens with zero attached hydrogens (tertiary/aromatic N) is 3. The lowest BCUT2D eigenvalue weighted by Crippen LogP contribution is -2.15. The number of halogens is 1. The van der Waals surface area contributed by atoms with E-state index in [9.17, 15) is 13.2 Å². The maximum Gasteiger partial charge on any atom is 0.263 e. The van der Waals surface area contributed by atoms with Gasteiger partial charge in [-0.05, 0) is 62.4 Å². The number of aryl methyl sites for hydroxylation is 2. The van der Waals surface area contributed by atoms with E-state index < -0.39 is 10.0 Å². The number of nitrogens with one attached hydrogen (secondary N) is 2. The molecule has 0 aliphatic heterocycles. The lowest BCUT2D eigenvalue weighted by atomic mass is 10.0. The molecule has 5 rings (SSSR count). The van der Waals surface area contributed by atoms with E-state index in [1.54, 1.807) is 38.1 Å². The van der Waals surface area contributed by atoms with Crippen LogP contribution >= 0.6 is 15.9 Å². The Kier molecular flexibility index (Phi) is 6.92. The highest BCUT2D eigenvalue weighted by atomic mass is 79.9. The first-order chi connectivity index (χ1) is 18.2. The molecule has 8 nitrogen and oxygen atoms in total. The van der Waals surface area contributed by atoms with Gasteiger partial charge in [-0.25, -0.2) is 23.4 Å². The van der Waals surface area contributed by atoms with E-state index in [0.29, 0.717) is 39.4 Å². The number of aromatic nitrogens is 3. The van der Waals surface area contributed by atoms with Crippen molar-refractivity contribution in [3.63, 3.8) is 0 Å². The van der Waals surface area contributed by atoms with E-state index >= 15 is 0 Å². The van der Waals surface area contributed by atoms with Crippen LogP contribution in [0.4, 0.5) is 11.5 Å². The first-order valence-electron chi connectivity index (χ1n) is 11.6. The van der Waals surface area contributed by atoms with Gasteiger partial charge in [-0.2, -0.15) is 0 Å². The third-order valence-corrected chi connectivity index (χ3v) is 7.57. The van der Waals surface area contributed by atoms with Crippen LogP contribution in [0.25, 0.3) is 22.2 Å². The largest absolute Gasteiger partial charge is 0.322 e. The Bertz CT molecular complexity index is 1770. The molecular weight excluding hydrogens is 566 g/mol. The van der Waals surface area contributed by atoms with Crippen molar-refractivity contribution in [2.75, 3.05) is 10.0 Å². The lowest BCUT2D eigenvalue weighted by molar-refractivity contribution is 0.102. The molecule has 0 saturated carbocycles. The van der Waals surface area contributed by atoms with E-state index in [1.165, 1.54) is 12.1 Å². The molecule has 0 bridgehead atoms. The number of rotatable bonds is 6. The van der Waals surface area contributed by atoms with Gasteiger partial charge >= 0.3 is 0 Å². The van der Waals surface area contributed by atoms with Crippen molar-refractivity contribution in [3.8, 4) is 11.3 Å². The van der Waals surface area contributed by atoms with Gasteiger partial charge in [0.25, 0.3) is 15.9 Å². The van der Waals surface area contributed by atoms with Gasteiger partial charge in [-0.15, -0.1) is 0 Å². The van der Waals surface area contributed by atoms with Crippen LogP contribution in [0, 0.1) is 13.8 Å². The van der Waals surface area contributed by atoms with E-state index in [4.69, 9.17) is 4.98 Å². The van der Waals surface area contributed by atoms with Gasteiger partial charge in [-0.1, -0.05) is 46.3 Å². The van der Waals surface area contributed by atoms with Crippen molar-refractivity contribution in [1.82, 2.24) is 15.0 Å². The summed E-state index contributed by atoms with van der Waals surface area (Å²) in [7, 11) is -3.88. The van der Waals surface area contributed by atoms with Crippen LogP contribution in [0.15, 0.2) is 94.3 Å². The molecule has 2 N–H and O–H groups in total. The molecule has 0 radical (unpaired) electrons. The second kappa shape index (κ2) is 10.3. The molecule has 1 amide bonds. The molecule has 190 valence electrons. The molecule has 0 spiro atoms. The summed E-state index contributed by atoms with van der Waals surface area (Å²) >= 11 is 3.48. The fourth-order valence-electron chi connectivity index (χ4n) is 4.04. The zero-order chi connectivity index (χ0) is 26.9. The number of carbonyl (C=O) groups excluding carboxylic acids is 1. The fourth-order valence-corrected chi connectivity index (χ4v) is 5.43. The third-order valence-electron chi connectivity index (χ3n) is 5.71. The van der Waals surface area contributed by atoms with Crippen LogP contribution in [0.3, 0.4) is 0 Å². The average molecular weight is 588 g/mol. The maximum atomic E-state index is 13.4. The van der Waals surface area contributed by atoms with Crippen molar-refractivity contribution in [2.24, 2.45) is 0 Å². The number of sulfonamides is 1. The van der Waals surface area contributed by atoms with E-state index in [2.05, 4.69) is 35.9 Å². The van der Waals surface area contributed by atoms with Gasteiger partial charge in [0.1, 0.15) is 11.6 Å². The van der Waals surface area contributed by atoms with Crippen LogP contribution in [0.5, 0.6) is 0 Å². The molecule has 0 aliphatic carbocycles. The van der Waals surface area contributed by atoms with Gasteiger partial charge in [0.2, 0.25) is 0 Å². The summed E-state index contributed by atoms with van der Waals surface area (Å²) < 4.78 is 29.1. The minimum atomic E-state index is -3.88. The maximum absolute atomic E-state index is 13.4. The molecule has 2 heterocycles. The highest BCUT2D eigenvalue weighted by Crippen LogP contribution is 2.27.